The summed E-state index contributed by atoms with van der Waals surface area (Å²) < 4.78 is 15.9. The smallest absolute Gasteiger partial charge is 0.182 e. The van der Waals surface area contributed by atoms with Crippen molar-refractivity contribution in [3.8, 4) is 67.0 Å². The molecule has 8 aromatic rings. The molecule has 9 rings (SSSR count). The van der Waals surface area contributed by atoms with Crippen molar-refractivity contribution in [3.05, 3.63) is 164 Å². The Balaban J connectivity index is 1.10. The average Bonchev–Trinajstić information content (AvgIpc) is 3.68. The second-order valence-electron chi connectivity index (χ2n) is 12.4. The number of aromatic nitrogens is 3. The topological polar surface area (TPSA) is 47.3 Å². The van der Waals surface area contributed by atoms with E-state index in [9.17, 15) is 4.57 Å². The number of nitrogens with zero attached hydrogens (tertiary/aromatic N) is 3. The lowest BCUT2D eigenvalue weighted by molar-refractivity contribution is 0.591. The standard InChI is InChI=1S/C43H30N3OP/c1-48(47)40-21-9-8-20-37(40)38-23-22-34(27-41(38)48)32-17-10-16-31(24-32)33-18-11-19-35(25-33)42-44-43-39(30-14-6-3-7-15-30)26-36(28-46(43)45-42)29-12-4-2-5-13-29/h2-28H,1H3. The number of rotatable bonds is 5. The summed E-state index contributed by atoms with van der Waals surface area (Å²) in [7, 11) is -2.65. The van der Waals surface area contributed by atoms with Crippen molar-refractivity contribution in [1.82, 2.24) is 14.6 Å². The molecule has 4 nitrogen and oxygen atoms in total. The summed E-state index contributed by atoms with van der Waals surface area (Å²) in [5.74, 6) is 0.673. The summed E-state index contributed by atoms with van der Waals surface area (Å²) >= 11 is 0. The lowest BCUT2D eigenvalue weighted by Crippen LogP contribution is -2.08. The molecule has 1 atom stereocenters. The quantitative estimate of drug-likeness (QED) is 0.177. The molecule has 1 aliphatic rings. The van der Waals surface area contributed by atoms with Crippen molar-refractivity contribution >= 4 is 23.4 Å². The van der Waals surface area contributed by atoms with Crippen LogP contribution in [0.4, 0.5) is 0 Å². The van der Waals surface area contributed by atoms with Gasteiger partial charge in [-0.15, -0.1) is 5.10 Å². The maximum absolute atomic E-state index is 13.9. The molecule has 0 spiro atoms. The molecule has 2 aromatic heterocycles. The van der Waals surface area contributed by atoms with Crippen LogP contribution in [0.15, 0.2) is 164 Å². The van der Waals surface area contributed by atoms with Gasteiger partial charge in [-0.2, -0.15) is 0 Å². The van der Waals surface area contributed by atoms with Crippen molar-refractivity contribution in [2.24, 2.45) is 0 Å². The molecule has 0 radical (unpaired) electrons. The predicted molar refractivity (Wildman–Crippen MR) is 198 cm³/mol. The van der Waals surface area contributed by atoms with E-state index in [1.54, 1.807) is 0 Å². The minimum atomic E-state index is -2.65. The molecule has 0 N–H and O–H groups in total. The van der Waals surface area contributed by atoms with E-state index in [2.05, 4.69) is 134 Å². The van der Waals surface area contributed by atoms with E-state index < -0.39 is 7.14 Å². The van der Waals surface area contributed by atoms with Crippen LogP contribution in [-0.2, 0) is 4.57 Å². The Kier molecular flexibility index (Phi) is 6.60. The van der Waals surface area contributed by atoms with Crippen LogP contribution in [0, 0.1) is 0 Å². The molecule has 0 aliphatic carbocycles. The fraction of sp³-hybridized carbons (Fsp3) is 0.0233. The molecular formula is C43H30N3OP. The molecule has 0 bridgehead atoms. The number of benzene rings is 6. The number of pyridine rings is 1. The SMILES string of the molecule is CP1(=O)c2ccccc2-c2ccc(-c3cccc(-c4cccc(-c5nc6c(-c7ccccc7)cc(-c7ccccc7)cn6n5)c4)c3)cc21. The van der Waals surface area contributed by atoms with Gasteiger partial charge in [-0.25, -0.2) is 9.50 Å². The highest BCUT2D eigenvalue weighted by molar-refractivity contribution is 7.79. The number of hydrogen-bond donors (Lipinski definition) is 0. The van der Waals surface area contributed by atoms with Gasteiger partial charge in [-0.1, -0.05) is 133 Å². The van der Waals surface area contributed by atoms with Crippen molar-refractivity contribution < 1.29 is 4.57 Å². The molecule has 5 heteroatoms. The third-order valence-electron chi connectivity index (χ3n) is 9.39. The minimum absolute atomic E-state index is 0.673. The first-order chi connectivity index (χ1) is 23.5. The van der Waals surface area contributed by atoms with E-state index >= 15 is 0 Å². The first-order valence-electron chi connectivity index (χ1n) is 16.1. The fourth-order valence-electron chi connectivity index (χ4n) is 6.94. The van der Waals surface area contributed by atoms with Gasteiger partial charge in [0.25, 0.3) is 0 Å². The summed E-state index contributed by atoms with van der Waals surface area (Å²) in [5, 5.41) is 6.89. The molecule has 1 aliphatic heterocycles. The van der Waals surface area contributed by atoms with Gasteiger partial charge in [0.15, 0.2) is 11.5 Å². The van der Waals surface area contributed by atoms with Gasteiger partial charge in [0.2, 0.25) is 0 Å². The van der Waals surface area contributed by atoms with Crippen molar-refractivity contribution in [1.29, 1.82) is 0 Å². The van der Waals surface area contributed by atoms with E-state index in [-0.39, 0.29) is 0 Å². The summed E-state index contributed by atoms with van der Waals surface area (Å²) in [6.45, 7) is 1.89. The Bertz CT molecular complexity index is 2550. The highest BCUT2D eigenvalue weighted by Gasteiger charge is 2.34. The second kappa shape index (κ2) is 11.2. The number of fused-ring (bicyclic) bond motifs is 4. The average molecular weight is 636 g/mol. The van der Waals surface area contributed by atoms with E-state index in [4.69, 9.17) is 10.1 Å². The van der Waals surface area contributed by atoms with Gasteiger partial charge < -0.3 is 4.57 Å². The van der Waals surface area contributed by atoms with Crippen LogP contribution in [0.5, 0.6) is 0 Å². The van der Waals surface area contributed by atoms with Crippen LogP contribution in [0.25, 0.3) is 72.7 Å². The highest BCUT2D eigenvalue weighted by Crippen LogP contribution is 2.50. The second-order valence-corrected chi connectivity index (χ2v) is 15.2. The van der Waals surface area contributed by atoms with Crippen LogP contribution < -0.4 is 10.6 Å². The molecule has 6 aromatic carbocycles. The van der Waals surface area contributed by atoms with E-state index in [1.807, 2.05) is 41.5 Å². The normalized spacial score (nSPS) is 14.9. The van der Waals surface area contributed by atoms with Gasteiger partial charge in [-0.05, 0) is 75.4 Å². The van der Waals surface area contributed by atoms with E-state index in [0.29, 0.717) is 5.82 Å². The molecule has 0 saturated carbocycles. The van der Waals surface area contributed by atoms with Crippen molar-refractivity contribution in [2.45, 2.75) is 0 Å². The van der Waals surface area contributed by atoms with Crippen molar-refractivity contribution in [3.63, 3.8) is 0 Å². The maximum atomic E-state index is 13.9. The Labute approximate surface area is 279 Å². The van der Waals surface area contributed by atoms with Gasteiger partial charge in [0.05, 0.1) is 0 Å². The Morgan fingerprint density at radius 1 is 0.458 bits per heavy atom. The minimum Gasteiger partial charge on any atom is -0.314 e. The molecule has 0 amide bonds. The van der Waals surface area contributed by atoms with Gasteiger partial charge in [0, 0.05) is 33.5 Å². The molecule has 228 valence electrons. The molecule has 3 heterocycles. The monoisotopic (exact) mass is 635 g/mol. The number of hydrogen-bond acceptors (Lipinski definition) is 3. The van der Waals surface area contributed by atoms with Gasteiger partial charge >= 0.3 is 0 Å². The Morgan fingerprint density at radius 3 is 1.75 bits per heavy atom. The zero-order valence-corrected chi connectivity index (χ0v) is 27.2. The summed E-state index contributed by atoms with van der Waals surface area (Å²) in [4.78, 5) is 5.08. The first kappa shape index (κ1) is 28.4. The molecule has 0 saturated heterocycles. The van der Waals surface area contributed by atoms with Crippen LogP contribution in [0.1, 0.15) is 0 Å². The van der Waals surface area contributed by atoms with E-state index in [0.717, 1.165) is 77.5 Å². The lowest BCUT2D eigenvalue weighted by atomic mass is 9.96. The summed E-state index contributed by atoms with van der Waals surface area (Å²) in [5.41, 5.74) is 12.6. The summed E-state index contributed by atoms with van der Waals surface area (Å²) in [6.07, 6.45) is 2.06. The van der Waals surface area contributed by atoms with Crippen LogP contribution >= 0.6 is 7.14 Å². The Hall–Kier alpha value is -5.83. The van der Waals surface area contributed by atoms with Crippen molar-refractivity contribution in [2.75, 3.05) is 6.66 Å². The highest BCUT2D eigenvalue weighted by atomic mass is 31.2. The third-order valence-corrected chi connectivity index (χ3v) is 12.0. The zero-order valence-electron chi connectivity index (χ0n) is 26.3. The zero-order chi connectivity index (χ0) is 32.2. The lowest BCUT2D eigenvalue weighted by Gasteiger charge is -2.11. The van der Waals surface area contributed by atoms with Crippen LogP contribution in [0.2, 0.25) is 0 Å². The van der Waals surface area contributed by atoms with Crippen LogP contribution in [0.3, 0.4) is 0 Å². The Morgan fingerprint density at radius 2 is 1.02 bits per heavy atom. The molecule has 1 unspecified atom stereocenters. The molecular weight excluding hydrogens is 605 g/mol. The van der Waals surface area contributed by atoms with Crippen LogP contribution in [-0.4, -0.2) is 21.3 Å². The molecule has 48 heavy (non-hydrogen) atoms. The maximum Gasteiger partial charge on any atom is 0.182 e. The third kappa shape index (κ3) is 4.73. The summed E-state index contributed by atoms with van der Waals surface area (Å²) in [6, 6.07) is 54.4. The predicted octanol–water partition coefficient (Wildman–Crippen LogP) is 9.99. The first-order valence-corrected chi connectivity index (χ1v) is 18.2. The fourth-order valence-corrected chi connectivity index (χ4v) is 9.26. The molecule has 0 fully saturated rings. The van der Waals surface area contributed by atoms with E-state index in [1.165, 1.54) is 0 Å². The van der Waals surface area contributed by atoms with Gasteiger partial charge in [0.1, 0.15) is 7.14 Å². The van der Waals surface area contributed by atoms with Gasteiger partial charge in [-0.3, -0.25) is 0 Å². The largest absolute Gasteiger partial charge is 0.314 e.